The Balaban J connectivity index is 1.59. The Labute approximate surface area is 276 Å². The summed E-state index contributed by atoms with van der Waals surface area (Å²) in [6, 6.07) is 27.8. The molecule has 0 spiro atoms. The Morgan fingerprint density at radius 3 is 1.81 bits per heavy atom. The van der Waals surface area contributed by atoms with Crippen molar-refractivity contribution in [2.45, 2.75) is 14.7 Å². The summed E-state index contributed by atoms with van der Waals surface area (Å²) in [6.07, 6.45) is 0. The van der Waals surface area contributed by atoms with Gasteiger partial charge in [-0.2, -0.15) is 29.8 Å². The molecule has 12 nitrogen and oxygen atoms in total. The van der Waals surface area contributed by atoms with E-state index in [1.165, 1.54) is 60.7 Å². The highest BCUT2D eigenvalue weighted by Crippen LogP contribution is 2.43. The highest BCUT2D eigenvalue weighted by Gasteiger charge is 2.24. The molecular formula is C33H27N2O10S3+. The second-order valence-corrected chi connectivity index (χ2v) is 15.1. The molecule has 0 unspecified atom stereocenters. The summed E-state index contributed by atoms with van der Waals surface area (Å²) in [5.74, 6) is 0.360. The average molecular weight is 708 g/mol. The van der Waals surface area contributed by atoms with Crippen LogP contribution in [-0.2, 0) is 30.4 Å². The first-order valence-electron chi connectivity index (χ1n) is 14.1. The van der Waals surface area contributed by atoms with Crippen molar-refractivity contribution < 1.29 is 43.3 Å². The first-order chi connectivity index (χ1) is 22.5. The standard InChI is InChI=1S/C33H26N2O10S3/c1-34(21-7-13-25(14-8-21)46(36,37)38)23-11-17-27-30(19-23)45-31-20-24(35(2)22-9-15-26(16-10-22)47(39,40)41)12-18-28(31)33(27)29-5-3-4-6-32(29)48(42,43)44/h3-20H,1-2H3,(H2-,36,37,38,39,40,41,42,43,44)/p+1. The summed E-state index contributed by atoms with van der Waals surface area (Å²) in [4.78, 5) is 0.965. The molecular weight excluding hydrogens is 681 g/mol. The fourth-order valence-electron chi connectivity index (χ4n) is 5.45. The van der Waals surface area contributed by atoms with Crippen molar-refractivity contribution in [2.24, 2.45) is 0 Å². The van der Waals surface area contributed by atoms with Gasteiger partial charge in [0.15, 0.2) is 0 Å². The van der Waals surface area contributed by atoms with Gasteiger partial charge in [-0.05, 0) is 60.7 Å². The first-order valence-corrected chi connectivity index (χ1v) is 18.4. The third-order valence-electron chi connectivity index (χ3n) is 7.94. The molecule has 0 radical (unpaired) electrons. The fraction of sp³-hybridized carbons (Fsp3) is 0.0606. The van der Waals surface area contributed by atoms with E-state index in [9.17, 15) is 38.9 Å². The molecule has 48 heavy (non-hydrogen) atoms. The Hall–Kier alpha value is -4.90. The van der Waals surface area contributed by atoms with E-state index < -0.39 is 30.4 Å². The molecule has 1 heterocycles. The lowest BCUT2D eigenvalue weighted by molar-refractivity contribution is 0.481. The summed E-state index contributed by atoms with van der Waals surface area (Å²) < 4.78 is 108. The molecule has 1 aliphatic heterocycles. The number of hydrogen-bond donors (Lipinski definition) is 3. The molecule has 4 aromatic carbocycles. The quantitative estimate of drug-likeness (QED) is 0.109. The van der Waals surface area contributed by atoms with Crippen molar-refractivity contribution in [3.8, 4) is 22.5 Å². The lowest BCUT2D eigenvalue weighted by atomic mass is 9.93. The third-order valence-corrected chi connectivity index (χ3v) is 10.6. The lowest BCUT2D eigenvalue weighted by Crippen LogP contribution is -2.21. The second kappa shape index (κ2) is 12.0. The van der Waals surface area contributed by atoms with Crippen LogP contribution in [-0.4, -0.2) is 53.0 Å². The van der Waals surface area contributed by atoms with E-state index in [0.29, 0.717) is 50.3 Å². The largest absolute Gasteiger partial charge is 0.456 e. The first kappa shape index (κ1) is 33.0. The molecule has 4 aromatic rings. The number of fused-ring (bicyclic) bond motifs is 2. The van der Waals surface area contributed by atoms with Gasteiger partial charge < -0.3 is 9.32 Å². The van der Waals surface area contributed by atoms with Crippen molar-refractivity contribution in [2.75, 3.05) is 19.0 Å². The summed E-state index contributed by atoms with van der Waals surface area (Å²) in [5, 5.41) is 1.17. The summed E-state index contributed by atoms with van der Waals surface area (Å²) in [7, 11) is -9.88. The van der Waals surface area contributed by atoms with Crippen molar-refractivity contribution in [1.82, 2.24) is 4.58 Å². The summed E-state index contributed by atoms with van der Waals surface area (Å²) >= 11 is 0. The number of benzene rings is 5. The molecule has 0 saturated carbocycles. The van der Waals surface area contributed by atoms with Crippen LogP contribution < -0.4 is 14.8 Å². The van der Waals surface area contributed by atoms with Gasteiger partial charge in [-0.1, -0.05) is 18.2 Å². The van der Waals surface area contributed by atoms with Crippen molar-refractivity contribution in [3.05, 3.63) is 115 Å². The lowest BCUT2D eigenvalue weighted by Gasteiger charge is -2.22. The van der Waals surface area contributed by atoms with Crippen LogP contribution in [0.3, 0.4) is 0 Å². The van der Waals surface area contributed by atoms with Crippen molar-refractivity contribution in [1.29, 1.82) is 0 Å². The molecule has 0 aromatic heterocycles. The minimum absolute atomic E-state index is 0.245. The van der Waals surface area contributed by atoms with Crippen LogP contribution in [0.15, 0.2) is 128 Å². The van der Waals surface area contributed by atoms with Crippen molar-refractivity contribution >= 4 is 58.4 Å². The highest BCUT2D eigenvalue weighted by molar-refractivity contribution is 7.86. The molecule has 3 N–H and O–H groups in total. The van der Waals surface area contributed by atoms with E-state index in [0.717, 1.165) is 0 Å². The molecule has 0 bridgehead atoms. The predicted octanol–water partition coefficient (Wildman–Crippen LogP) is 5.45. The van der Waals surface area contributed by atoms with Gasteiger partial charge in [0.1, 0.15) is 23.3 Å². The monoisotopic (exact) mass is 707 g/mol. The van der Waals surface area contributed by atoms with E-state index in [2.05, 4.69) is 0 Å². The van der Waals surface area contributed by atoms with Gasteiger partial charge in [-0.15, -0.1) is 0 Å². The van der Waals surface area contributed by atoms with Gasteiger partial charge in [0.05, 0.1) is 15.9 Å². The number of rotatable bonds is 7. The third kappa shape index (κ3) is 6.34. The average Bonchev–Trinajstić information content (AvgIpc) is 3.05. The second-order valence-electron chi connectivity index (χ2n) is 10.9. The molecule has 2 aliphatic rings. The van der Waals surface area contributed by atoms with Crippen LogP contribution >= 0.6 is 0 Å². The van der Waals surface area contributed by atoms with Gasteiger partial charge in [0.2, 0.25) is 11.0 Å². The maximum atomic E-state index is 12.5. The van der Waals surface area contributed by atoms with Crippen LogP contribution in [0, 0.1) is 0 Å². The minimum Gasteiger partial charge on any atom is -0.456 e. The molecule has 6 rings (SSSR count). The molecule has 15 heteroatoms. The van der Waals surface area contributed by atoms with E-state index >= 15 is 0 Å². The predicted molar refractivity (Wildman–Crippen MR) is 180 cm³/mol. The minimum atomic E-state index is -4.63. The Bertz CT molecular complexity index is 2600. The van der Waals surface area contributed by atoms with Crippen LogP contribution in [0.5, 0.6) is 0 Å². The maximum Gasteiger partial charge on any atom is 0.295 e. The van der Waals surface area contributed by atoms with E-state index in [-0.39, 0.29) is 20.2 Å². The fourth-order valence-corrected chi connectivity index (χ4v) is 7.11. The summed E-state index contributed by atoms with van der Waals surface area (Å²) in [5.41, 5.74) is 3.46. The topological polar surface area (TPSA) is 182 Å². The molecule has 0 atom stereocenters. The zero-order valence-corrected chi connectivity index (χ0v) is 27.7. The van der Waals surface area contributed by atoms with Crippen LogP contribution in [0.1, 0.15) is 0 Å². The zero-order chi connectivity index (χ0) is 34.6. The molecule has 0 fully saturated rings. The maximum absolute atomic E-state index is 12.5. The summed E-state index contributed by atoms with van der Waals surface area (Å²) in [6.45, 7) is 0. The Kier molecular flexibility index (Phi) is 8.23. The van der Waals surface area contributed by atoms with E-state index in [4.69, 9.17) is 4.42 Å². The SMILES string of the molecule is CN(c1ccc(S(=O)(=O)O)cc1)c1ccc2c(-c3ccccc3S(=O)(=O)O)c3ccc(=[N+](C)c4ccc(S(=O)(=O)O)cc4)cc-3oc2c1. The molecule has 0 amide bonds. The van der Waals surface area contributed by atoms with Crippen molar-refractivity contribution in [3.63, 3.8) is 0 Å². The van der Waals surface area contributed by atoms with E-state index in [1.807, 2.05) is 0 Å². The number of anilines is 2. The van der Waals surface area contributed by atoms with Gasteiger partial charge in [0.25, 0.3) is 30.4 Å². The van der Waals surface area contributed by atoms with Gasteiger partial charge in [0, 0.05) is 64.8 Å². The van der Waals surface area contributed by atoms with Crippen LogP contribution in [0.2, 0.25) is 0 Å². The Morgan fingerprint density at radius 2 is 1.21 bits per heavy atom. The normalized spacial score (nSPS) is 13.1. The van der Waals surface area contributed by atoms with Gasteiger partial charge in [-0.25, -0.2) is 0 Å². The molecule has 246 valence electrons. The number of nitrogens with zero attached hydrogens (tertiary/aromatic N) is 2. The van der Waals surface area contributed by atoms with Gasteiger partial charge >= 0.3 is 0 Å². The van der Waals surface area contributed by atoms with Crippen LogP contribution in [0.25, 0.3) is 33.4 Å². The smallest absolute Gasteiger partial charge is 0.295 e. The molecule has 0 saturated heterocycles. The Morgan fingerprint density at radius 1 is 0.625 bits per heavy atom. The highest BCUT2D eigenvalue weighted by atomic mass is 32.2. The van der Waals surface area contributed by atoms with E-state index in [1.54, 1.807) is 72.1 Å². The van der Waals surface area contributed by atoms with Gasteiger partial charge in [-0.3, -0.25) is 13.7 Å². The van der Waals surface area contributed by atoms with Crippen LogP contribution in [0.4, 0.5) is 17.1 Å². The zero-order valence-electron chi connectivity index (χ0n) is 25.2. The molecule has 1 aliphatic carbocycles. The number of hydrogen-bond acceptors (Lipinski definition) is 8.